The summed E-state index contributed by atoms with van der Waals surface area (Å²) < 4.78 is 24.1. The Morgan fingerprint density at radius 1 is 1.28 bits per heavy atom. The second-order valence-electron chi connectivity index (χ2n) is 4.68. The summed E-state index contributed by atoms with van der Waals surface area (Å²) in [5.74, 6) is 0.140. The molecule has 0 bridgehead atoms. The van der Waals surface area contributed by atoms with Gasteiger partial charge in [0.05, 0.1) is 6.10 Å². The predicted octanol–water partition coefficient (Wildman–Crippen LogP) is 3.17. The van der Waals surface area contributed by atoms with E-state index in [0.29, 0.717) is 23.3 Å². The van der Waals surface area contributed by atoms with Gasteiger partial charge in [0.25, 0.3) is 0 Å². The highest BCUT2D eigenvalue weighted by atomic mass is 19.1. The summed E-state index contributed by atoms with van der Waals surface area (Å²) in [6.07, 6.45) is 1.92. The van der Waals surface area contributed by atoms with E-state index >= 15 is 0 Å². The molecule has 18 heavy (non-hydrogen) atoms. The second kappa shape index (κ2) is 4.71. The summed E-state index contributed by atoms with van der Waals surface area (Å²) in [5.41, 5.74) is 0.584. The maximum atomic E-state index is 13.1. The highest BCUT2D eigenvalue weighted by molar-refractivity contribution is 5.77. The second-order valence-corrected chi connectivity index (χ2v) is 4.68. The number of hydrogen-bond acceptors (Lipinski definition) is 3. The summed E-state index contributed by atoms with van der Waals surface area (Å²) in [5, 5.41) is 10.9. The van der Waals surface area contributed by atoms with Gasteiger partial charge in [0.1, 0.15) is 23.3 Å². The zero-order valence-electron chi connectivity index (χ0n) is 9.93. The van der Waals surface area contributed by atoms with Crippen molar-refractivity contribution >= 4 is 11.0 Å². The molecule has 2 heterocycles. The summed E-state index contributed by atoms with van der Waals surface area (Å²) in [4.78, 5) is 0. The summed E-state index contributed by atoms with van der Waals surface area (Å²) in [6, 6.07) is 6.00. The number of hydrogen-bond donors (Lipinski definition) is 1. The minimum Gasteiger partial charge on any atom is -0.458 e. The van der Waals surface area contributed by atoms with E-state index in [1.807, 2.05) is 0 Å². The Bertz CT molecular complexity index is 543. The SMILES string of the molecule is OC(c1cc2cc(F)ccc2o1)C1CCCCO1. The van der Waals surface area contributed by atoms with Gasteiger partial charge in [-0.05, 0) is 43.5 Å². The van der Waals surface area contributed by atoms with Gasteiger partial charge < -0.3 is 14.3 Å². The molecule has 1 aliphatic heterocycles. The Morgan fingerprint density at radius 2 is 2.17 bits per heavy atom. The molecule has 1 aromatic carbocycles. The van der Waals surface area contributed by atoms with Gasteiger partial charge in [-0.15, -0.1) is 0 Å². The van der Waals surface area contributed by atoms with E-state index in [1.165, 1.54) is 12.1 Å². The number of aliphatic hydroxyl groups is 1. The molecule has 3 nitrogen and oxygen atoms in total. The summed E-state index contributed by atoms with van der Waals surface area (Å²) in [6.45, 7) is 0.677. The molecule has 2 unspecified atom stereocenters. The normalized spacial score (nSPS) is 22.2. The average Bonchev–Trinajstić information content (AvgIpc) is 2.81. The smallest absolute Gasteiger partial charge is 0.138 e. The lowest BCUT2D eigenvalue weighted by Gasteiger charge is -2.25. The molecule has 1 aromatic heterocycles. The van der Waals surface area contributed by atoms with Crippen LogP contribution in [0, 0.1) is 5.82 Å². The molecule has 0 radical (unpaired) electrons. The quantitative estimate of drug-likeness (QED) is 0.890. The molecular formula is C14H15FO3. The van der Waals surface area contributed by atoms with Gasteiger partial charge in [0.15, 0.2) is 0 Å². The van der Waals surface area contributed by atoms with E-state index in [9.17, 15) is 9.50 Å². The van der Waals surface area contributed by atoms with Crippen LogP contribution in [0.25, 0.3) is 11.0 Å². The van der Waals surface area contributed by atoms with Gasteiger partial charge in [-0.3, -0.25) is 0 Å². The van der Waals surface area contributed by atoms with Crippen molar-refractivity contribution in [1.29, 1.82) is 0 Å². The number of furan rings is 1. The number of halogens is 1. The molecule has 2 aromatic rings. The van der Waals surface area contributed by atoms with Crippen LogP contribution in [0.5, 0.6) is 0 Å². The van der Waals surface area contributed by atoms with Crippen molar-refractivity contribution in [3.63, 3.8) is 0 Å². The molecule has 1 aliphatic rings. The van der Waals surface area contributed by atoms with Crippen LogP contribution in [0.2, 0.25) is 0 Å². The van der Waals surface area contributed by atoms with E-state index < -0.39 is 6.10 Å². The third kappa shape index (κ3) is 2.13. The average molecular weight is 250 g/mol. The molecule has 96 valence electrons. The molecular weight excluding hydrogens is 235 g/mol. The lowest BCUT2D eigenvalue weighted by Crippen LogP contribution is -2.26. The number of aliphatic hydroxyl groups excluding tert-OH is 1. The molecule has 0 aliphatic carbocycles. The van der Waals surface area contributed by atoms with Crippen molar-refractivity contribution in [3.05, 3.63) is 35.8 Å². The van der Waals surface area contributed by atoms with Crippen LogP contribution in [0.4, 0.5) is 4.39 Å². The summed E-state index contributed by atoms with van der Waals surface area (Å²) in [7, 11) is 0. The molecule has 0 spiro atoms. The molecule has 2 atom stereocenters. The van der Waals surface area contributed by atoms with E-state index in [4.69, 9.17) is 9.15 Å². The van der Waals surface area contributed by atoms with Crippen molar-refractivity contribution in [2.24, 2.45) is 0 Å². The third-order valence-corrected chi connectivity index (χ3v) is 3.36. The van der Waals surface area contributed by atoms with Crippen LogP contribution < -0.4 is 0 Å². The number of benzene rings is 1. The molecule has 1 saturated heterocycles. The molecule has 0 saturated carbocycles. The van der Waals surface area contributed by atoms with Crippen LogP contribution in [-0.4, -0.2) is 17.8 Å². The Kier molecular flexibility index (Phi) is 3.06. The van der Waals surface area contributed by atoms with E-state index in [-0.39, 0.29) is 11.9 Å². The molecule has 0 amide bonds. The minimum atomic E-state index is -0.777. The first-order valence-corrected chi connectivity index (χ1v) is 6.23. The van der Waals surface area contributed by atoms with Crippen molar-refractivity contribution in [1.82, 2.24) is 0 Å². The predicted molar refractivity (Wildman–Crippen MR) is 64.7 cm³/mol. The minimum absolute atomic E-state index is 0.218. The highest BCUT2D eigenvalue weighted by Gasteiger charge is 2.26. The maximum absolute atomic E-state index is 13.1. The van der Waals surface area contributed by atoms with E-state index in [0.717, 1.165) is 19.3 Å². The Balaban J connectivity index is 1.88. The lowest BCUT2D eigenvalue weighted by molar-refractivity contribution is -0.0698. The van der Waals surface area contributed by atoms with Gasteiger partial charge in [-0.25, -0.2) is 4.39 Å². The first kappa shape index (κ1) is 11.7. The first-order valence-electron chi connectivity index (χ1n) is 6.23. The number of rotatable bonds is 2. The molecule has 4 heteroatoms. The van der Waals surface area contributed by atoms with Gasteiger partial charge in [0, 0.05) is 12.0 Å². The Labute approximate surface area is 104 Å². The van der Waals surface area contributed by atoms with Crippen molar-refractivity contribution < 1.29 is 18.7 Å². The van der Waals surface area contributed by atoms with Crippen LogP contribution >= 0.6 is 0 Å². The Morgan fingerprint density at radius 3 is 2.94 bits per heavy atom. The van der Waals surface area contributed by atoms with Crippen molar-refractivity contribution in [2.75, 3.05) is 6.61 Å². The fourth-order valence-corrected chi connectivity index (χ4v) is 2.38. The largest absolute Gasteiger partial charge is 0.458 e. The van der Waals surface area contributed by atoms with Crippen LogP contribution in [0.1, 0.15) is 31.1 Å². The zero-order chi connectivity index (χ0) is 12.5. The van der Waals surface area contributed by atoms with E-state index in [2.05, 4.69) is 0 Å². The molecule has 1 fully saturated rings. The lowest BCUT2D eigenvalue weighted by atomic mass is 10.0. The van der Waals surface area contributed by atoms with Gasteiger partial charge >= 0.3 is 0 Å². The van der Waals surface area contributed by atoms with Crippen LogP contribution in [0.3, 0.4) is 0 Å². The number of fused-ring (bicyclic) bond motifs is 1. The zero-order valence-corrected chi connectivity index (χ0v) is 9.93. The topological polar surface area (TPSA) is 42.6 Å². The standard InChI is InChI=1S/C14H15FO3/c15-10-4-5-11-9(7-10)8-13(18-11)14(16)12-3-1-2-6-17-12/h4-5,7-8,12,14,16H,1-3,6H2. The molecule has 3 rings (SSSR count). The fourth-order valence-electron chi connectivity index (χ4n) is 2.38. The highest BCUT2D eigenvalue weighted by Crippen LogP contribution is 2.30. The third-order valence-electron chi connectivity index (χ3n) is 3.36. The first-order chi connectivity index (χ1) is 8.74. The monoisotopic (exact) mass is 250 g/mol. The fraction of sp³-hybridized carbons (Fsp3) is 0.429. The van der Waals surface area contributed by atoms with Crippen LogP contribution in [0.15, 0.2) is 28.7 Å². The Hall–Kier alpha value is -1.39. The maximum Gasteiger partial charge on any atom is 0.138 e. The van der Waals surface area contributed by atoms with Gasteiger partial charge in [-0.2, -0.15) is 0 Å². The van der Waals surface area contributed by atoms with E-state index in [1.54, 1.807) is 12.1 Å². The summed E-state index contributed by atoms with van der Waals surface area (Å²) >= 11 is 0. The van der Waals surface area contributed by atoms with Crippen LogP contribution in [-0.2, 0) is 4.74 Å². The van der Waals surface area contributed by atoms with Crippen molar-refractivity contribution in [2.45, 2.75) is 31.5 Å². The van der Waals surface area contributed by atoms with Crippen molar-refractivity contribution in [3.8, 4) is 0 Å². The number of ether oxygens (including phenoxy) is 1. The molecule has 1 N–H and O–H groups in total. The van der Waals surface area contributed by atoms with Gasteiger partial charge in [-0.1, -0.05) is 0 Å². The van der Waals surface area contributed by atoms with Gasteiger partial charge in [0.2, 0.25) is 0 Å².